The Hall–Kier alpha value is -2.96. The molecule has 1 aliphatic heterocycles. The SMILES string of the molecule is N=C(c1c(N2CCC(CF)CC2)cc(C(=O)O)nc1Nc1ccccc1)C1CCC1. The van der Waals surface area contributed by atoms with E-state index in [1.54, 1.807) is 6.07 Å². The number of halogens is 1. The maximum atomic E-state index is 13.1. The number of aromatic carboxylic acids is 1. The maximum Gasteiger partial charge on any atom is 0.354 e. The van der Waals surface area contributed by atoms with Gasteiger partial charge in [0.15, 0.2) is 5.69 Å². The van der Waals surface area contributed by atoms with Crippen LogP contribution in [0, 0.1) is 17.2 Å². The smallest absolute Gasteiger partial charge is 0.354 e. The van der Waals surface area contributed by atoms with Crippen molar-refractivity contribution >= 4 is 28.9 Å². The van der Waals surface area contributed by atoms with Gasteiger partial charge in [-0.3, -0.25) is 4.39 Å². The summed E-state index contributed by atoms with van der Waals surface area (Å²) < 4.78 is 13.1. The first-order valence-corrected chi connectivity index (χ1v) is 10.6. The monoisotopic (exact) mass is 410 g/mol. The molecule has 1 saturated heterocycles. The third-order valence-electron chi connectivity index (χ3n) is 6.21. The highest BCUT2D eigenvalue weighted by atomic mass is 19.1. The maximum absolute atomic E-state index is 13.1. The fourth-order valence-electron chi connectivity index (χ4n) is 4.13. The molecule has 1 saturated carbocycles. The van der Waals surface area contributed by atoms with Crippen molar-refractivity contribution in [2.45, 2.75) is 32.1 Å². The molecule has 1 aromatic heterocycles. The Morgan fingerprint density at radius 1 is 1.20 bits per heavy atom. The molecule has 0 radical (unpaired) electrons. The summed E-state index contributed by atoms with van der Waals surface area (Å²) in [7, 11) is 0. The molecule has 2 aliphatic rings. The van der Waals surface area contributed by atoms with E-state index in [9.17, 15) is 14.3 Å². The zero-order chi connectivity index (χ0) is 21.1. The lowest BCUT2D eigenvalue weighted by Crippen LogP contribution is -2.36. The summed E-state index contributed by atoms with van der Waals surface area (Å²) in [6.45, 7) is 0.969. The van der Waals surface area contributed by atoms with Crippen molar-refractivity contribution < 1.29 is 14.3 Å². The van der Waals surface area contributed by atoms with E-state index in [0.717, 1.165) is 43.5 Å². The molecule has 30 heavy (non-hydrogen) atoms. The molecule has 2 fully saturated rings. The lowest BCUT2D eigenvalue weighted by molar-refractivity contribution is 0.0690. The van der Waals surface area contributed by atoms with Crippen LogP contribution < -0.4 is 10.2 Å². The number of aromatic nitrogens is 1. The summed E-state index contributed by atoms with van der Waals surface area (Å²) in [5.41, 5.74) is 2.63. The van der Waals surface area contributed by atoms with Crippen LogP contribution in [0.5, 0.6) is 0 Å². The predicted molar refractivity (Wildman–Crippen MR) is 116 cm³/mol. The Balaban J connectivity index is 1.79. The third-order valence-corrected chi connectivity index (χ3v) is 6.21. The van der Waals surface area contributed by atoms with Crippen LogP contribution in [0.3, 0.4) is 0 Å². The first-order valence-electron chi connectivity index (χ1n) is 10.6. The Labute approximate surface area is 175 Å². The molecule has 1 aromatic carbocycles. The van der Waals surface area contributed by atoms with Crippen LogP contribution in [0.4, 0.5) is 21.6 Å². The number of piperidine rings is 1. The van der Waals surface area contributed by atoms with Crippen molar-refractivity contribution in [2.75, 3.05) is 30.0 Å². The Morgan fingerprint density at radius 3 is 2.47 bits per heavy atom. The second-order valence-corrected chi connectivity index (χ2v) is 8.17. The third kappa shape index (κ3) is 4.15. The van der Waals surface area contributed by atoms with Gasteiger partial charge in [-0.15, -0.1) is 0 Å². The van der Waals surface area contributed by atoms with Gasteiger partial charge in [0.05, 0.1) is 17.9 Å². The highest BCUT2D eigenvalue weighted by Crippen LogP contribution is 2.38. The Morgan fingerprint density at radius 2 is 1.90 bits per heavy atom. The van der Waals surface area contributed by atoms with E-state index < -0.39 is 5.97 Å². The highest BCUT2D eigenvalue weighted by Gasteiger charge is 2.31. The zero-order valence-corrected chi connectivity index (χ0v) is 16.9. The second kappa shape index (κ2) is 8.81. The molecular weight excluding hydrogens is 383 g/mol. The average molecular weight is 410 g/mol. The number of carbonyl (C=O) groups is 1. The van der Waals surface area contributed by atoms with Crippen LogP contribution in [-0.4, -0.2) is 41.5 Å². The van der Waals surface area contributed by atoms with Gasteiger partial charge in [0.1, 0.15) is 5.82 Å². The van der Waals surface area contributed by atoms with Crippen LogP contribution >= 0.6 is 0 Å². The summed E-state index contributed by atoms with van der Waals surface area (Å²) in [5, 5.41) is 21.8. The molecule has 3 N–H and O–H groups in total. The summed E-state index contributed by atoms with van der Waals surface area (Å²) in [6.07, 6.45) is 4.48. The van der Waals surface area contributed by atoms with Gasteiger partial charge in [-0.25, -0.2) is 9.78 Å². The molecular formula is C23H27FN4O2. The molecule has 0 spiro atoms. The van der Waals surface area contributed by atoms with E-state index in [4.69, 9.17) is 5.41 Å². The zero-order valence-electron chi connectivity index (χ0n) is 16.9. The molecule has 1 aliphatic carbocycles. The standard InChI is InChI=1S/C23H27FN4O2/c24-14-15-9-11-28(12-10-15)19-13-18(23(29)30)27-22(26-17-7-2-1-3-8-17)20(19)21(25)16-5-4-6-16/h1-3,7-8,13,15-16,25H,4-6,9-12,14H2,(H,26,27)(H,29,30). The number of anilines is 3. The van der Waals surface area contributed by atoms with E-state index in [1.165, 1.54) is 0 Å². The molecule has 158 valence electrons. The predicted octanol–water partition coefficient (Wildman–Crippen LogP) is 4.88. The quantitative estimate of drug-likeness (QED) is 0.566. The molecule has 0 amide bonds. The molecule has 0 unspecified atom stereocenters. The van der Waals surface area contributed by atoms with Gasteiger partial charge in [0.2, 0.25) is 0 Å². The van der Waals surface area contributed by atoms with Crippen LogP contribution in [-0.2, 0) is 0 Å². The van der Waals surface area contributed by atoms with Crippen LogP contribution in [0.25, 0.3) is 0 Å². The Kier molecular flexibility index (Phi) is 5.97. The second-order valence-electron chi connectivity index (χ2n) is 8.17. The minimum atomic E-state index is -1.10. The van der Waals surface area contributed by atoms with Gasteiger partial charge in [-0.2, -0.15) is 0 Å². The van der Waals surface area contributed by atoms with Crippen LogP contribution in [0.1, 0.15) is 48.2 Å². The number of carboxylic acids is 1. The minimum absolute atomic E-state index is 0.0541. The molecule has 0 bridgehead atoms. The fourth-order valence-corrected chi connectivity index (χ4v) is 4.13. The van der Waals surface area contributed by atoms with Crippen molar-refractivity contribution in [3.63, 3.8) is 0 Å². The van der Waals surface area contributed by atoms with Crippen molar-refractivity contribution in [1.29, 1.82) is 5.41 Å². The number of rotatable bonds is 7. The van der Waals surface area contributed by atoms with Crippen molar-refractivity contribution in [3.05, 3.63) is 47.7 Å². The molecule has 2 aromatic rings. The number of carboxylic acid groups (broad SMARTS) is 1. The van der Waals surface area contributed by atoms with E-state index in [-0.39, 0.29) is 24.2 Å². The first-order chi connectivity index (χ1) is 14.6. The number of alkyl halides is 1. The van der Waals surface area contributed by atoms with Gasteiger partial charge in [-0.1, -0.05) is 24.6 Å². The summed E-state index contributed by atoms with van der Waals surface area (Å²) in [5.74, 6) is -0.479. The van der Waals surface area contributed by atoms with Gasteiger partial charge in [0.25, 0.3) is 0 Å². The number of hydrogen-bond acceptors (Lipinski definition) is 5. The van der Waals surface area contributed by atoms with Crippen molar-refractivity contribution in [1.82, 2.24) is 4.98 Å². The van der Waals surface area contributed by atoms with E-state index in [1.807, 2.05) is 30.3 Å². The largest absolute Gasteiger partial charge is 0.477 e. The number of hydrogen-bond donors (Lipinski definition) is 3. The average Bonchev–Trinajstić information content (AvgIpc) is 2.72. The summed E-state index contributed by atoms with van der Waals surface area (Å²) in [4.78, 5) is 18.3. The molecule has 7 heteroatoms. The molecule has 0 atom stereocenters. The topological polar surface area (TPSA) is 89.3 Å². The fraction of sp³-hybridized carbons (Fsp3) is 0.435. The van der Waals surface area contributed by atoms with E-state index >= 15 is 0 Å². The van der Waals surface area contributed by atoms with Gasteiger partial charge in [0, 0.05) is 30.4 Å². The van der Waals surface area contributed by atoms with E-state index in [0.29, 0.717) is 30.2 Å². The number of nitrogens with zero attached hydrogens (tertiary/aromatic N) is 2. The van der Waals surface area contributed by atoms with Crippen LogP contribution in [0.2, 0.25) is 0 Å². The summed E-state index contributed by atoms with van der Waals surface area (Å²) in [6, 6.07) is 11.0. The lowest BCUT2D eigenvalue weighted by Gasteiger charge is -2.36. The van der Waals surface area contributed by atoms with Crippen molar-refractivity contribution in [2.24, 2.45) is 11.8 Å². The van der Waals surface area contributed by atoms with Crippen molar-refractivity contribution in [3.8, 4) is 0 Å². The number of pyridine rings is 1. The van der Waals surface area contributed by atoms with Gasteiger partial charge >= 0.3 is 5.97 Å². The first kappa shape index (κ1) is 20.3. The minimum Gasteiger partial charge on any atom is -0.477 e. The Bertz CT molecular complexity index is 922. The number of nitrogens with one attached hydrogen (secondary N) is 2. The summed E-state index contributed by atoms with van der Waals surface area (Å²) >= 11 is 0. The number of para-hydroxylation sites is 1. The normalized spacial score (nSPS) is 17.4. The van der Waals surface area contributed by atoms with Gasteiger partial charge < -0.3 is 20.7 Å². The lowest BCUT2D eigenvalue weighted by atomic mass is 9.79. The number of benzene rings is 1. The molecule has 6 nitrogen and oxygen atoms in total. The molecule has 4 rings (SSSR count). The highest BCUT2D eigenvalue weighted by molar-refractivity contribution is 6.10. The van der Waals surface area contributed by atoms with Crippen LogP contribution in [0.15, 0.2) is 36.4 Å². The van der Waals surface area contributed by atoms with E-state index in [2.05, 4.69) is 15.2 Å². The van der Waals surface area contributed by atoms with Gasteiger partial charge in [-0.05, 0) is 49.8 Å². The molecule has 2 heterocycles.